The Morgan fingerprint density at radius 3 is 2.37 bits per heavy atom. The summed E-state index contributed by atoms with van der Waals surface area (Å²) in [4.78, 5) is 16.8. The van der Waals surface area contributed by atoms with Gasteiger partial charge in [0.05, 0.1) is 5.56 Å². The van der Waals surface area contributed by atoms with E-state index in [0.717, 1.165) is 18.9 Å². The minimum Gasteiger partial charge on any atom is -0.368 e. The van der Waals surface area contributed by atoms with E-state index in [1.807, 2.05) is 15.9 Å². The van der Waals surface area contributed by atoms with Gasteiger partial charge in [0.15, 0.2) is 0 Å². The Kier molecular flexibility index (Phi) is 6.45. The van der Waals surface area contributed by atoms with Gasteiger partial charge in [-0.25, -0.2) is 0 Å². The Labute approximate surface area is 203 Å². The predicted molar refractivity (Wildman–Crippen MR) is 132 cm³/mol. The van der Waals surface area contributed by atoms with Crippen molar-refractivity contribution in [1.29, 1.82) is 0 Å². The number of anilines is 1. The molecular formula is C28H30F3N3O. The van der Waals surface area contributed by atoms with Crippen LogP contribution in [0.3, 0.4) is 0 Å². The number of piperazine rings is 1. The van der Waals surface area contributed by atoms with Crippen LogP contribution in [-0.2, 0) is 11.0 Å². The highest BCUT2D eigenvalue weighted by Gasteiger charge is 2.38. The Morgan fingerprint density at radius 1 is 0.943 bits per heavy atom. The molecule has 1 atom stereocenters. The number of rotatable bonds is 5. The fourth-order valence-electron chi connectivity index (χ4n) is 5.35. The van der Waals surface area contributed by atoms with Crippen molar-refractivity contribution >= 4 is 22.4 Å². The molecule has 0 bridgehead atoms. The third-order valence-electron chi connectivity index (χ3n) is 7.39. The van der Waals surface area contributed by atoms with Crippen molar-refractivity contribution in [2.75, 3.05) is 31.1 Å². The van der Waals surface area contributed by atoms with Crippen LogP contribution in [0.15, 0.2) is 66.7 Å². The molecule has 1 aliphatic carbocycles. The highest BCUT2D eigenvalue weighted by atomic mass is 19.4. The maximum atomic E-state index is 13.0. The van der Waals surface area contributed by atoms with Crippen molar-refractivity contribution < 1.29 is 18.0 Å². The van der Waals surface area contributed by atoms with Crippen LogP contribution in [0.25, 0.3) is 10.8 Å². The SMILES string of the molecule is C[C@@H](NC1CC(C(=O)N2CCN(c3cccc(C(F)(F)F)c3)CC2)C1)c1cccc2ccccc12. The molecule has 1 N–H and O–H groups in total. The molecule has 4 nitrogen and oxygen atoms in total. The van der Waals surface area contributed by atoms with Crippen molar-refractivity contribution in [2.45, 2.75) is 38.0 Å². The van der Waals surface area contributed by atoms with Crippen molar-refractivity contribution in [3.63, 3.8) is 0 Å². The summed E-state index contributed by atoms with van der Waals surface area (Å²) in [7, 11) is 0. The van der Waals surface area contributed by atoms with E-state index in [0.29, 0.717) is 37.9 Å². The van der Waals surface area contributed by atoms with Gasteiger partial charge in [-0.05, 0) is 54.3 Å². The molecule has 3 aromatic rings. The zero-order chi connectivity index (χ0) is 24.6. The summed E-state index contributed by atoms with van der Waals surface area (Å²) in [6.45, 7) is 4.33. The zero-order valence-corrected chi connectivity index (χ0v) is 19.8. The molecule has 184 valence electrons. The van der Waals surface area contributed by atoms with Crippen LogP contribution in [0.4, 0.5) is 18.9 Å². The molecule has 1 saturated carbocycles. The summed E-state index contributed by atoms with van der Waals surface area (Å²) in [5.74, 6) is 0.192. The third-order valence-corrected chi connectivity index (χ3v) is 7.39. The number of benzene rings is 3. The summed E-state index contributed by atoms with van der Waals surface area (Å²) in [6.07, 6.45) is -2.71. The molecular weight excluding hydrogens is 451 g/mol. The zero-order valence-electron chi connectivity index (χ0n) is 19.8. The first-order valence-corrected chi connectivity index (χ1v) is 12.2. The summed E-state index contributed by atoms with van der Waals surface area (Å²) in [6, 6.07) is 20.7. The number of alkyl halides is 3. The van der Waals surface area contributed by atoms with Crippen molar-refractivity contribution in [3.8, 4) is 0 Å². The molecule has 2 fully saturated rings. The molecule has 0 radical (unpaired) electrons. The molecule has 1 heterocycles. The second-order valence-corrected chi connectivity index (χ2v) is 9.68. The molecule has 5 rings (SSSR count). The molecule has 1 amide bonds. The standard InChI is InChI=1S/C28H30F3N3O/c1-19(25-11-4-7-20-6-2-3-10-26(20)25)32-23-16-21(17-23)27(35)34-14-12-33(13-15-34)24-9-5-8-22(18-24)28(29,30)31/h2-11,18-19,21,23,32H,12-17H2,1H3/t19-,21?,23?/m1/s1. The summed E-state index contributed by atoms with van der Waals surface area (Å²) in [5.41, 5.74) is 1.19. The van der Waals surface area contributed by atoms with E-state index >= 15 is 0 Å². The van der Waals surface area contributed by atoms with Crippen molar-refractivity contribution in [3.05, 3.63) is 77.9 Å². The molecule has 7 heteroatoms. The number of carbonyl (C=O) groups is 1. The van der Waals surface area contributed by atoms with Gasteiger partial charge in [-0.3, -0.25) is 4.79 Å². The van der Waals surface area contributed by atoms with Crippen LogP contribution in [0.2, 0.25) is 0 Å². The van der Waals surface area contributed by atoms with Gasteiger partial charge in [0.1, 0.15) is 0 Å². The van der Waals surface area contributed by atoms with Crippen LogP contribution < -0.4 is 10.2 Å². The number of amides is 1. The number of hydrogen-bond donors (Lipinski definition) is 1. The first kappa shape index (κ1) is 23.7. The van der Waals surface area contributed by atoms with E-state index in [9.17, 15) is 18.0 Å². The lowest BCUT2D eigenvalue weighted by atomic mass is 9.78. The quantitative estimate of drug-likeness (QED) is 0.513. The van der Waals surface area contributed by atoms with Gasteiger partial charge in [-0.2, -0.15) is 13.2 Å². The Morgan fingerprint density at radius 2 is 1.63 bits per heavy atom. The first-order valence-electron chi connectivity index (χ1n) is 12.2. The average Bonchev–Trinajstić information content (AvgIpc) is 2.85. The number of carbonyl (C=O) groups excluding carboxylic acids is 1. The van der Waals surface area contributed by atoms with E-state index in [1.165, 1.54) is 28.5 Å². The van der Waals surface area contributed by atoms with Crippen LogP contribution in [0.5, 0.6) is 0 Å². The van der Waals surface area contributed by atoms with Crippen LogP contribution in [0.1, 0.15) is 36.9 Å². The lowest BCUT2D eigenvalue weighted by Crippen LogP contribution is -2.54. The van der Waals surface area contributed by atoms with Gasteiger partial charge in [-0.15, -0.1) is 0 Å². The molecule has 35 heavy (non-hydrogen) atoms. The highest BCUT2D eigenvalue weighted by molar-refractivity contribution is 5.86. The number of halogens is 3. The maximum absolute atomic E-state index is 13.0. The smallest absolute Gasteiger partial charge is 0.368 e. The van der Waals surface area contributed by atoms with Crippen molar-refractivity contribution in [2.24, 2.45) is 5.92 Å². The van der Waals surface area contributed by atoms with Gasteiger partial charge in [0.25, 0.3) is 0 Å². The minimum atomic E-state index is -4.35. The van der Waals surface area contributed by atoms with Gasteiger partial charge < -0.3 is 15.1 Å². The number of fused-ring (bicyclic) bond motifs is 1. The monoisotopic (exact) mass is 481 g/mol. The largest absolute Gasteiger partial charge is 0.416 e. The second-order valence-electron chi connectivity index (χ2n) is 9.68. The van der Waals surface area contributed by atoms with Crippen LogP contribution in [-0.4, -0.2) is 43.0 Å². The number of hydrogen-bond acceptors (Lipinski definition) is 3. The number of nitrogens with one attached hydrogen (secondary N) is 1. The second kappa shape index (κ2) is 9.53. The van der Waals surface area contributed by atoms with Gasteiger partial charge >= 0.3 is 6.18 Å². The molecule has 0 spiro atoms. The molecule has 2 aliphatic rings. The Balaban J connectivity index is 1.12. The summed E-state index contributed by atoms with van der Waals surface area (Å²) < 4.78 is 39.1. The molecule has 3 aromatic carbocycles. The lowest BCUT2D eigenvalue weighted by Gasteiger charge is -2.42. The predicted octanol–water partition coefficient (Wildman–Crippen LogP) is 5.64. The highest BCUT2D eigenvalue weighted by Crippen LogP contribution is 2.34. The van der Waals surface area contributed by atoms with E-state index in [2.05, 4.69) is 48.6 Å². The molecule has 1 aliphatic heterocycles. The minimum absolute atomic E-state index is 0.0207. The third kappa shape index (κ3) is 5.01. The molecule has 1 saturated heterocycles. The lowest BCUT2D eigenvalue weighted by molar-refractivity contribution is -0.139. The summed E-state index contributed by atoms with van der Waals surface area (Å²) in [5, 5.41) is 6.16. The first-order chi connectivity index (χ1) is 16.8. The van der Waals surface area contributed by atoms with E-state index in [1.54, 1.807) is 6.07 Å². The topological polar surface area (TPSA) is 35.6 Å². The van der Waals surface area contributed by atoms with E-state index in [-0.39, 0.29) is 17.9 Å². The molecule has 0 unspecified atom stereocenters. The molecule has 0 aromatic heterocycles. The van der Waals surface area contributed by atoms with Crippen molar-refractivity contribution in [1.82, 2.24) is 10.2 Å². The number of nitrogens with zero attached hydrogens (tertiary/aromatic N) is 2. The van der Waals surface area contributed by atoms with Crippen LogP contribution >= 0.6 is 0 Å². The fraction of sp³-hybridized carbons (Fsp3) is 0.393. The average molecular weight is 482 g/mol. The van der Waals surface area contributed by atoms with Gasteiger partial charge in [-0.1, -0.05) is 48.5 Å². The van der Waals surface area contributed by atoms with E-state index in [4.69, 9.17) is 0 Å². The van der Waals surface area contributed by atoms with Crippen LogP contribution in [0, 0.1) is 5.92 Å². The van der Waals surface area contributed by atoms with E-state index < -0.39 is 11.7 Å². The van der Waals surface area contributed by atoms with Gasteiger partial charge in [0.2, 0.25) is 5.91 Å². The Hall–Kier alpha value is -3.06. The normalized spacial score (nSPS) is 21.6. The fourth-order valence-corrected chi connectivity index (χ4v) is 5.35. The summed E-state index contributed by atoms with van der Waals surface area (Å²) >= 11 is 0. The van der Waals surface area contributed by atoms with Gasteiger partial charge in [0, 0.05) is 49.9 Å². The Bertz CT molecular complexity index is 1190. The maximum Gasteiger partial charge on any atom is 0.416 e.